The minimum atomic E-state index is -0.879. The van der Waals surface area contributed by atoms with Crippen LogP contribution in [0.1, 0.15) is 17.3 Å². The Morgan fingerprint density at radius 1 is 0.889 bits per heavy atom. The zero-order valence-corrected chi connectivity index (χ0v) is 15.2. The van der Waals surface area contributed by atoms with E-state index in [1.54, 1.807) is 19.1 Å². The number of esters is 1. The minimum absolute atomic E-state index is 0.269. The van der Waals surface area contributed by atoms with Gasteiger partial charge in [0.1, 0.15) is 11.5 Å². The van der Waals surface area contributed by atoms with Crippen molar-refractivity contribution in [3.63, 3.8) is 0 Å². The molecule has 2 rings (SSSR count). The highest BCUT2D eigenvalue weighted by Crippen LogP contribution is 2.28. The van der Waals surface area contributed by atoms with Crippen LogP contribution >= 0.6 is 0 Å². The maximum Gasteiger partial charge on any atom is 0.338 e. The van der Waals surface area contributed by atoms with Gasteiger partial charge in [-0.1, -0.05) is 0 Å². The molecular weight excluding hydrogens is 352 g/mol. The molecule has 27 heavy (non-hydrogen) atoms. The van der Waals surface area contributed by atoms with Crippen molar-refractivity contribution in [3.05, 3.63) is 48.0 Å². The van der Waals surface area contributed by atoms with Gasteiger partial charge in [-0.15, -0.1) is 0 Å². The van der Waals surface area contributed by atoms with Crippen LogP contribution in [0.3, 0.4) is 0 Å². The Morgan fingerprint density at radius 3 is 2.15 bits per heavy atom. The summed E-state index contributed by atoms with van der Waals surface area (Å²) in [7, 11) is 2.93. The van der Waals surface area contributed by atoms with E-state index in [1.807, 2.05) is 0 Å². The van der Waals surface area contributed by atoms with Crippen LogP contribution < -0.4 is 20.1 Å². The van der Waals surface area contributed by atoms with Gasteiger partial charge in [-0.25, -0.2) is 4.79 Å². The third-order valence-corrected chi connectivity index (χ3v) is 3.51. The van der Waals surface area contributed by atoms with Gasteiger partial charge in [-0.3, -0.25) is 9.59 Å². The molecule has 0 unspecified atom stereocenters. The molecule has 0 fully saturated rings. The number of methoxy groups -OCH3 is 2. The van der Waals surface area contributed by atoms with Gasteiger partial charge < -0.3 is 24.8 Å². The van der Waals surface area contributed by atoms with E-state index in [4.69, 9.17) is 14.2 Å². The van der Waals surface area contributed by atoms with Crippen LogP contribution in [0.5, 0.6) is 11.5 Å². The molecule has 2 amide bonds. The summed E-state index contributed by atoms with van der Waals surface area (Å²) in [5.41, 5.74) is 1.01. The normalized spacial score (nSPS) is 9.89. The molecule has 0 saturated heterocycles. The van der Waals surface area contributed by atoms with Gasteiger partial charge in [0.2, 0.25) is 0 Å². The van der Waals surface area contributed by atoms with E-state index in [9.17, 15) is 14.4 Å². The summed E-state index contributed by atoms with van der Waals surface area (Å²) >= 11 is 0. The van der Waals surface area contributed by atoms with E-state index >= 15 is 0 Å². The van der Waals surface area contributed by atoms with Crippen molar-refractivity contribution in [2.24, 2.45) is 0 Å². The molecule has 0 aliphatic rings. The molecule has 0 heterocycles. The molecular formula is C19H20N2O6. The lowest BCUT2D eigenvalue weighted by atomic mass is 10.2. The molecule has 2 aromatic rings. The highest BCUT2D eigenvalue weighted by atomic mass is 16.5. The Hall–Kier alpha value is -3.55. The summed E-state index contributed by atoms with van der Waals surface area (Å²) in [5, 5.41) is 4.92. The van der Waals surface area contributed by atoms with Crippen LogP contribution in [0.15, 0.2) is 42.5 Å². The van der Waals surface area contributed by atoms with Crippen molar-refractivity contribution in [2.45, 2.75) is 6.92 Å². The van der Waals surface area contributed by atoms with Crippen LogP contribution in [-0.2, 0) is 14.3 Å². The molecule has 0 spiro atoms. The molecule has 0 saturated carbocycles. The fraction of sp³-hybridized carbons (Fsp3) is 0.211. The molecule has 0 aromatic heterocycles. The summed E-state index contributed by atoms with van der Waals surface area (Å²) in [6.07, 6.45) is 0. The first kappa shape index (κ1) is 19.8. The number of amides is 2. The number of nitrogens with one attached hydrogen (secondary N) is 2. The number of benzene rings is 2. The van der Waals surface area contributed by atoms with E-state index < -0.39 is 17.8 Å². The molecule has 2 N–H and O–H groups in total. The summed E-state index contributed by atoms with van der Waals surface area (Å²) in [5.74, 6) is -1.32. The number of ether oxygens (including phenoxy) is 3. The second-order valence-electron chi connectivity index (χ2n) is 5.27. The van der Waals surface area contributed by atoms with Crippen LogP contribution in [0.4, 0.5) is 11.4 Å². The number of hydrogen-bond donors (Lipinski definition) is 2. The Kier molecular flexibility index (Phi) is 6.76. The van der Waals surface area contributed by atoms with E-state index in [0.717, 1.165) is 0 Å². The minimum Gasteiger partial charge on any atom is -0.497 e. The number of carbonyl (C=O) groups excluding carboxylic acids is 3. The molecule has 0 atom stereocenters. The second kappa shape index (κ2) is 9.23. The van der Waals surface area contributed by atoms with Crippen LogP contribution in [0.25, 0.3) is 0 Å². The van der Waals surface area contributed by atoms with Gasteiger partial charge in [0.05, 0.1) is 32.1 Å². The quantitative estimate of drug-likeness (QED) is 0.596. The van der Waals surface area contributed by atoms with Crippen molar-refractivity contribution in [2.75, 3.05) is 31.5 Å². The average Bonchev–Trinajstić information content (AvgIpc) is 2.68. The second-order valence-corrected chi connectivity index (χ2v) is 5.27. The smallest absolute Gasteiger partial charge is 0.338 e. The maximum absolute atomic E-state index is 12.2. The van der Waals surface area contributed by atoms with Crippen LogP contribution in [0, 0.1) is 0 Å². The van der Waals surface area contributed by atoms with E-state index in [1.165, 1.54) is 44.6 Å². The molecule has 142 valence electrons. The monoisotopic (exact) mass is 372 g/mol. The lowest BCUT2D eigenvalue weighted by Gasteiger charge is -2.12. The Balaban J connectivity index is 2.04. The lowest BCUT2D eigenvalue weighted by Crippen LogP contribution is -2.29. The molecule has 8 heteroatoms. The highest BCUT2D eigenvalue weighted by Gasteiger charge is 2.17. The Bertz CT molecular complexity index is 833. The SMILES string of the molecule is CCOC(=O)c1ccc(NC(=O)C(=O)Nc2cc(OC)ccc2OC)cc1. The molecule has 0 radical (unpaired) electrons. The van der Waals surface area contributed by atoms with Gasteiger partial charge >= 0.3 is 17.8 Å². The van der Waals surface area contributed by atoms with Crippen LogP contribution in [0.2, 0.25) is 0 Å². The summed E-state index contributed by atoms with van der Waals surface area (Å²) in [6.45, 7) is 1.98. The lowest BCUT2D eigenvalue weighted by molar-refractivity contribution is -0.133. The molecule has 0 bridgehead atoms. The van der Waals surface area contributed by atoms with E-state index in [-0.39, 0.29) is 6.61 Å². The van der Waals surface area contributed by atoms with Crippen molar-refractivity contribution in [1.82, 2.24) is 0 Å². The fourth-order valence-electron chi connectivity index (χ4n) is 2.18. The number of hydrogen-bond acceptors (Lipinski definition) is 6. The Morgan fingerprint density at radius 2 is 1.56 bits per heavy atom. The largest absolute Gasteiger partial charge is 0.497 e. The van der Waals surface area contributed by atoms with Crippen molar-refractivity contribution in [3.8, 4) is 11.5 Å². The first-order valence-electron chi connectivity index (χ1n) is 8.10. The summed E-state index contributed by atoms with van der Waals surface area (Å²) in [6, 6.07) is 10.8. The van der Waals surface area contributed by atoms with Crippen molar-refractivity contribution < 1.29 is 28.6 Å². The number of anilines is 2. The highest BCUT2D eigenvalue weighted by molar-refractivity contribution is 6.43. The predicted octanol–water partition coefficient (Wildman–Crippen LogP) is 2.46. The van der Waals surface area contributed by atoms with Crippen molar-refractivity contribution >= 4 is 29.2 Å². The average molecular weight is 372 g/mol. The van der Waals surface area contributed by atoms with E-state index in [0.29, 0.717) is 28.4 Å². The predicted molar refractivity (Wildman–Crippen MR) is 99.2 cm³/mol. The van der Waals surface area contributed by atoms with Crippen molar-refractivity contribution in [1.29, 1.82) is 0 Å². The standard InChI is InChI=1S/C19H20N2O6/c1-4-27-19(24)12-5-7-13(8-6-12)20-17(22)18(23)21-15-11-14(25-2)9-10-16(15)26-3/h5-11H,4H2,1-3H3,(H,20,22)(H,21,23). The molecule has 8 nitrogen and oxygen atoms in total. The topological polar surface area (TPSA) is 103 Å². The zero-order valence-electron chi connectivity index (χ0n) is 15.2. The zero-order chi connectivity index (χ0) is 19.8. The molecule has 0 aliphatic carbocycles. The third kappa shape index (κ3) is 5.21. The fourth-order valence-corrected chi connectivity index (χ4v) is 2.18. The summed E-state index contributed by atoms with van der Waals surface area (Å²) in [4.78, 5) is 35.9. The van der Waals surface area contributed by atoms with Gasteiger partial charge in [-0.2, -0.15) is 0 Å². The van der Waals surface area contributed by atoms with Crippen LogP contribution in [-0.4, -0.2) is 38.6 Å². The first-order chi connectivity index (χ1) is 13.0. The molecule has 0 aliphatic heterocycles. The van der Waals surface area contributed by atoms with Gasteiger partial charge in [0.15, 0.2) is 0 Å². The molecule has 2 aromatic carbocycles. The first-order valence-corrected chi connectivity index (χ1v) is 8.10. The third-order valence-electron chi connectivity index (χ3n) is 3.51. The van der Waals surface area contributed by atoms with E-state index in [2.05, 4.69) is 10.6 Å². The van der Waals surface area contributed by atoms with Gasteiger partial charge in [0, 0.05) is 11.8 Å². The maximum atomic E-state index is 12.2. The van der Waals surface area contributed by atoms with Gasteiger partial charge in [0.25, 0.3) is 0 Å². The number of carbonyl (C=O) groups is 3. The Labute approximate surface area is 156 Å². The summed E-state index contributed by atoms with van der Waals surface area (Å²) < 4.78 is 15.1. The van der Waals surface area contributed by atoms with Gasteiger partial charge in [-0.05, 0) is 43.3 Å². The number of rotatable bonds is 6.